The standard InChI is InChI=1S/C16H19N7O3/c1-4-22-7-11(10(2)20-22)8-23-9-12(5-18-23)19-15(24)14-13(16(25)26)6-17-21(14)3/h5-7,9H,4,8H2,1-3H3,(H,19,24)(H,25,26). The molecular weight excluding hydrogens is 338 g/mol. The van der Waals surface area contributed by atoms with Crippen LogP contribution < -0.4 is 5.32 Å². The third-order valence-corrected chi connectivity index (χ3v) is 3.98. The number of carboxylic acids is 1. The molecule has 0 bridgehead atoms. The first kappa shape index (κ1) is 17.4. The van der Waals surface area contributed by atoms with Crippen molar-refractivity contribution in [3.05, 3.63) is 47.3 Å². The molecule has 0 unspecified atom stereocenters. The molecule has 0 atom stereocenters. The second-order valence-corrected chi connectivity index (χ2v) is 5.81. The maximum absolute atomic E-state index is 12.4. The van der Waals surface area contributed by atoms with Crippen molar-refractivity contribution in [2.75, 3.05) is 5.32 Å². The Bertz CT molecular complexity index is 967. The molecular formula is C16H19N7O3. The van der Waals surface area contributed by atoms with Gasteiger partial charge in [-0.25, -0.2) is 4.79 Å². The van der Waals surface area contributed by atoms with Crippen molar-refractivity contribution in [3.63, 3.8) is 0 Å². The Kier molecular flexibility index (Phi) is 4.57. The third kappa shape index (κ3) is 3.34. The predicted octanol–water partition coefficient (Wildman–Crippen LogP) is 1.14. The number of aromatic carboxylic acids is 1. The molecule has 0 aliphatic carbocycles. The molecule has 0 spiro atoms. The first-order chi connectivity index (χ1) is 12.4. The van der Waals surface area contributed by atoms with E-state index in [1.165, 1.54) is 17.9 Å². The molecule has 0 radical (unpaired) electrons. The summed E-state index contributed by atoms with van der Waals surface area (Å²) in [4.78, 5) is 23.6. The lowest BCUT2D eigenvalue weighted by Gasteiger charge is -2.04. The van der Waals surface area contributed by atoms with Crippen LogP contribution >= 0.6 is 0 Å². The number of hydrogen-bond acceptors (Lipinski definition) is 5. The zero-order chi connectivity index (χ0) is 18.8. The Morgan fingerprint density at radius 3 is 2.62 bits per heavy atom. The van der Waals surface area contributed by atoms with E-state index in [-0.39, 0.29) is 11.3 Å². The topological polar surface area (TPSA) is 120 Å². The minimum absolute atomic E-state index is 0.0229. The van der Waals surface area contributed by atoms with Crippen LogP contribution in [0, 0.1) is 6.92 Å². The van der Waals surface area contributed by atoms with Crippen molar-refractivity contribution in [1.29, 1.82) is 0 Å². The summed E-state index contributed by atoms with van der Waals surface area (Å²) in [6, 6.07) is 0. The van der Waals surface area contributed by atoms with Crippen LogP contribution in [0.2, 0.25) is 0 Å². The number of carbonyl (C=O) groups excluding carboxylic acids is 1. The van der Waals surface area contributed by atoms with Crippen LogP contribution in [0.1, 0.15) is 39.0 Å². The highest BCUT2D eigenvalue weighted by Crippen LogP contribution is 2.14. The highest BCUT2D eigenvalue weighted by atomic mass is 16.4. The maximum Gasteiger partial charge on any atom is 0.339 e. The summed E-state index contributed by atoms with van der Waals surface area (Å²) < 4.78 is 4.76. The lowest BCUT2D eigenvalue weighted by atomic mass is 10.2. The summed E-state index contributed by atoms with van der Waals surface area (Å²) in [5.74, 6) is -1.76. The molecule has 0 aromatic carbocycles. The quantitative estimate of drug-likeness (QED) is 0.683. The SMILES string of the molecule is CCn1cc(Cn2cc(NC(=O)c3c(C(=O)O)cnn3C)cn2)c(C)n1. The predicted molar refractivity (Wildman–Crippen MR) is 92.1 cm³/mol. The maximum atomic E-state index is 12.4. The summed E-state index contributed by atoms with van der Waals surface area (Å²) in [5, 5.41) is 24.2. The molecule has 10 heteroatoms. The number of carboxylic acid groups (broad SMARTS) is 1. The monoisotopic (exact) mass is 357 g/mol. The van der Waals surface area contributed by atoms with Crippen LogP contribution in [-0.4, -0.2) is 46.3 Å². The van der Waals surface area contributed by atoms with E-state index in [9.17, 15) is 9.59 Å². The van der Waals surface area contributed by atoms with E-state index in [2.05, 4.69) is 20.6 Å². The second kappa shape index (κ2) is 6.82. The van der Waals surface area contributed by atoms with Crippen molar-refractivity contribution in [1.82, 2.24) is 29.3 Å². The summed E-state index contributed by atoms with van der Waals surface area (Å²) in [6.45, 7) is 5.26. The van der Waals surface area contributed by atoms with Gasteiger partial charge in [0.25, 0.3) is 5.91 Å². The van der Waals surface area contributed by atoms with Gasteiger partial charge in [0.15, 0.2) is 0 Å². The molecule has 2 N–H and O–H groups in total. The number of aryl methyl sites for hydroxylation is 3. The van der Waals surface area contributed by atoms with E-state index in [0.29, 0.717) is 12.2 Å². The van der Waals surface area contributed by atoms with E-state index in [0.717, 1.165) is 24.0 Å². The summed E-state index contributed by atoms with van der Waals surface area (Å²) in [6.07, 6.45) is 6.30. The Morgan fingerprint density at radius 2 is 1.96 bits per heavy atom. The number of hydrogen-bond donors (Lipinski definition) is 2. The van der Waals surface area contributed by atoms with E-state index in [1.54, 1.807) is 10.9 Å². The first-order valence-electron chi connectivity index (χ1n) is 8.01. The zero-order valence-electron chi connectivity index (χ0n) is 14.7. The number of anilines is 1. The molecule has 0 aliphatic heterocycles. The highest BCUT2D eigenvalue weighted by Gasteiger charge is 2.22. The van der Waals surface area contributed by atoms with Crippen LogP contribution in [-0.2, 0) is 20.1 Å². The Balaban J connectivity index is 1.74. The number of carbonyl (C=O) groups is 2. The van der Waals surface area contributed by atoms with Gasteiger partial charge in [-0.05, 0) is 13.8 Å². The van der Waals surface area contributed by atoms with Crippen LogP contribution in [0.25, 0.3) is 0 Å². The van der Waals surface area contributed by atoms with Gasteiger partial charge < -0.3 is 10.4 Å². The summed E-state index contributed by atoms with van der Waals surface area (Å²) in [7, 11) is 1.51. The van der Waals surface area contributed by atoms with Gasteiger partial charge in [-0.1, -0.05) is 0 Å². The molecule has 1 amide bonds. The van der Waals surface area contributed by atoms with Crippen LogP contribution in [0.3, 0.4) is 0 Å². The fraction of sp³-hybridized carbons (Fsp3) is 0.312. The van der Waals surface area contributed by atoms with Gasteiger partial charge in [0.2, 0.25) is 0 Å². The Morgan fingerprint density at radius 1 is 1.19 bits per heavy atom. The molecule has 3 aromatic heterocycles. The van der Waals surface area contributed by atoms with Crippen LogP contribution in [0.15, 0.2) is 24.8 Å². The molecule has 0 saturated carbocycles. The van der Waals surface area contributed by atoms with Crippen molar-refractivity contribution >= 4 is 17.6 Å². The van der Waals surface area contributed by atoms with Crippen molar-refractivity contribution in [3.8, 4) is 0 Å². The van der Waals surface area contributed by atoms with Gasteiger partial charge in [0.1, 0.15) is 11.3 Å². The number of nitrogens with zero attached hydrogens (tertiary/aromatic N) is 6. The molecule has 0 fully saturated rings. The lowest BCUT2D eigenvalue weighted by molar-refractivity contribution is 0.0692. The third-order valence-electron chi connectivity index (χ3n) is 3.98. The van der Waals surface area contributed by atoms with Crippen LogP contribution in [0.4, 0.5) is 5.69 Å². The normalized spacial score (nSPS) is 10.9. The van der Waals surface area contributed by atoms with Gasteiger partial charge in [0.05, 0.1) is 30.3 Å². The second-order valence-electron chi connectivity index (χ2n) is 5.81. The molecule has 136 valence electrons. The molecule has 3 heterocycles. The van der Waals surface area contributed by atoms with E-state index < -0.39 is 11.9 Å². The van der Waals surface area contributed by atoms with Gasteiger partial charge in [-0.2, -0.15) is 15.3 Å². The van der Waals surface area contributed by atoms with E-state index >= 15 is 0 Å². The average molecular weight is 357 g/mol. The number of aromatic nitrogens is 6. The Labute approximate surface area is 149 Å². The molecule has 0 aliphatic rings. The van der Waals surface area contributed by atoms with Gasteiger partial charge >= 0.3 is 5.97 Å². The van der Waals surface area contributed by atoms with Crippen molar-refractivity contribution < 1.29 is 14.7 Å². The van der Waals surface area contributed by atoms with Gasteiger partial charge in [-0.3, -0.25) is 18.8 Å². The fourth-order valence-corrected chi connectivity index (χ4v) is 2.62. The number of nitrogens with one attached hydrogen (secondary N) is 1. The van der Waals surface area contributed by atoms with E-state index in [4.69, 9.17) is 5.11 Å². The van der Waals surface area contributed by atoms with Gasteiger partial charge in [-0.15, -0.1) is 0 Å². The first-order valence-corrected chi connectivity index (χ1v) is 8.01. The van der Waals surface area contributed by atoms with Crippen molar-refractivity contribution in [2.24, 2.45) is 7.05 Å². The average Bonchev–Trinajstić information content (AvgIpc) is 3.27. The van der Waals surface area contributed by atoms with Crippen molar-refractivity contribution in [2.45, 2.75) is 26.9 Å². The zero-order valence-corrected chi connectivity index (χ0v) is 14.7. The summed E-state index contributed by atoms with van der Waals surface area (Å²) in [5.41, 5.74) is 2.25. The minimum Gasteiger partial charge on any atom is -0.478 e. The molecule has 26 heavy (non-hydrogen) atoms. The molecule has 3 rings (SSSR count). The molecule has 10 nitrogen and oxygen atoms in total. The van der Waals surface area contributed by atoms with Crippen LogP contribution in [0.5, 0.6) is 0 Å². The van der Waals surface area contributed by atoms with E-state index in [1.807, 2.05) is 24.7 Å². The smallest absolute Gasteiger partial charge is 0.339 e. The lowest BCUT2D eigenvalue weighted by Crippen LogP contribution is -2.19. The molecule has 0 saturated heterocycles. The molecule has 3 aromatic rings. The summed E-state index contributed by atoms with van der Waals surface area (Å²) >= 11 is 0. The van der Waals surface area contributed by atoms with Gasteiger partial charge in [0, 0.05) is 31.5 Å². The number of amides is 1. The number of rotatable bonds is 6. The largest absolute Gasteiger partial charge is 0.478 e. The minimum atomic E-state index is -1.21. The fourth-order valence-electron chi connectivity index (χ4n) is 2.62. The highest BCUT2D eigenvalue weighted by molar-refractivity contribution is 6.09. The Hall–Kier alpha value is -3.43.